The molecule has 2 aliphatic heterocycles. The summed E-state index contributed by atoms with van der Waals surface area (Å²) >= 11 is 12.3. The molecular weight excluding hydrogens is 495 g/mol. The summed E-state index contributed by atoms with van der Waals surface area (Å²) in [6, 6.07) is 25.0. The van der Waals surface area contributed by atoms with Gasteiger partial charge in [0.2, 0.25) is 11.8 Å². The summed E-state index contributed by atoms with van der Waals surface area (Å²) in [7, 11) is 0. The smallest absolute Gasteiger partial charge is 0.228 e. The Kier molecular flexibility index (Phi) is 7.61. The number of rotatable bonds is 5. The van der Waals surface area contributed by atoms with Crippen LogP contribution in [0.5, 0.6) is 0 Å². The average Bonchev–Trinajstić information content (AvgIpc) is 2.92. The fourth-order valence-electron chi connectivity index (χ4n) is 5.24. The van der Waals surface area contributed by atoms with Gasteiger partial charge in [0.1, 0.15) is 6.10 Å². The van der Waals surface area contributed by atoms with Gasteiger partial charge in [0, 0.05) is 19.5 Å². The van der Waals surface area contributed by atoms with Crippen molar-refractivity contribution in [2.45, 2.75) is 31.5 Å². The van der Waals surface area contributed by atoms with Crippen LogP contribution >= 0.6 is 23.2 Å². The number of morpholine rings is 1. The second kappa shape index (κ2) is 11.0. The van der Waals surface area contributed by atoms with E-state index in [0.717, 1.165) is 16.7 Å². The molecule has 5 rings (SSSR count). The first kappa shape index (κ1) is 24.8. The molecule has 0 radical (unpaired) electrons. The number of piperidine rings is 1. The minimum Gasteiger partial charge on any atom is -0.370 e. The van der Waals surface area contributed by atoms with E-state index in [1.54, 1.807) is 12.1 Å². The van der Waals surface area contributed by atoms with E-state index in [0.29, 0.717) is 49.1 Å². The van der Waals surface area contributed by atoms with Gasteiger partial charge in [-0.05, 0) is 35.2 Å². The van der Waals surface area contributed by atoms with E-state index in [2.05, 4.69) is 0 Å². The van der Waals surface area contributed by atoms with Gasteiger partial charge in [0.25, 0.3) is 0 Å². The van der Waals surface area contributed by atoms with Crippen LogP contribution < -0.4 is 0 Å². The number of halogens is 2. The van der Waals surface area contributed by atoms with Gasteiger partial charge in [-0.2, -0.15) is 0 Å². The largest absolute Gasteiger partial charge is 0.370 e. The van der Waals surface area contributed by atoms with Crippen molar-refractivity contribution < 1.29 is 14.3 Å². The van der Waals surface area contributed by atoms with Crippen molar-refractivity contribution in [1.82, 2.24) is 9.80 Å². The minimum atomic E-state index is -0.332. The minimum absolute atomic E-state index is 0.0581. The Labute approximate surface area is 221 Å². The highest BCUT2D eigenvalue weighted by Gasteiger charge is 2.43. The Hall–Kier alpha value is -2.86. The predicted molar refractivity (Wildman–Crippen MR) is 141 cm³/mol. The maximum Gasteiger partial charge on any atom is 0.228 e. The van der Waals surface area contributed by atoms with E-state index in [1.807, 2.05) is 76.5 Å². The molecule has 5 nitrogen and oxygen atoms in total. The topological polar surface area (TPSA) is 49.9 Å². The quantitative estimate of drug-likeness (QED) is 0.408. The number of hydrogen-bond donors (Lipinski definition) is 0. The highest BCUT2D eigenvalue weighted by Crippen LogP contribution is 2.39. The van der Waals surface area contributed by atoms with E-state index in [4.69, 9.17) is 27.9 Å². The fraction of sp³-hybridized carbons (Fsp3) is 0.310. The number of nitrogens with zero attached hydrogens (tertiary/aromatic N) is 2. The maximum absolute atomic E-state index is 14.0. The second-order valence-corrected chi connectivity index (χ2v) is 10.1. The summed E-state index contributed by atoms with van der Waals surface area (Å²) in [4.78, 5) is 31.0. The lowest BCUT2D eigenvalue weighted by molar-refractivity contribution is -0.153. The zero-order chi connectivity index (χ0) is 25.1. The monoisotopic (exact) mass is 522 g/mol. The Bertz CT molecular complexity index is 1220. The summed E-state index contributed by atoms with van der Waals surface area (Å²) in [5.74, 6) is -0.198. The van der Waals surface area contributed by atoms with E-state index in [-0.39, 0.29) is 29.9 Å². The zero-order valence-electron chi connectivity index (χ0n) is 19.9. The molecule has 0 spiro atoms. The third-order valence-electron chi connectivity index (χ3n) is 7.05. The number of benzene rings is 3. The molecule has 36 heavy (non-hydrogen) atoms. The third-order valence-corrected chi connectivity index (χ3v) is 7.79. The zero-order valence-corrected chi connectivity index (χ0v) is 21.4. The first-order valence-corrected chi connectivity index (χ1v) is 13.0. The highest BCUT2D eigenvalue weighted by atomic mass is 35.5. The second-order valence-electron chi connectivity index (χ2n) is 9.33. The summed E-state index contributed by atoms with van der Waals surface area (Å²) in [5, 5.41) is 0.952. The Balaban J connectivity index is 1.42. The standard InChI is InChI=1S/C29H28Cl2N2O3/c30-24-13-11-22(17-25(24)31)26-19-32(15-16-36-26)29(35)23-12-14-27(34)33(18-20-7-3-1-4-8-20)28(23)21-9-5-2-6-10-21/h1-11,13,17,23,26,28H,12,14-16,18-19H2. The molecule has 2 amide bonds. The van der Waals surface area contributed by atoms with Crippen LogP contribution in [-0.2, 0) is 20.9 Å². The van der Waals surface area contributed by atoms with E-state index >= 15 is 0 Å². The molecule has 0 aromatic heterocycles. The van der Waals surface area contributed by atoms with Crippen molar-refractivity contribution in [3.05, 3.63) is 106 Å². The molecule has 0 aliphatic carbocycles. The summed E-state index contributed by atoms with van der Waals surface area (Å²) in [6.45, 7) is 1.85. The van der Waals surface area contributed by atoms with Crippen LogP contribution in [0.1, 0.15) is 41.7 Å². The molecular formula is C29H28Cl2N2O3. The van der Waals surface area contributed by atoms with E-state index < -0.39 is 0 Å². The van der Waals surface area contributed by atoms with Crippen molar-refractivity contribution in [2.75, 3.05) is 19.7 Å². The number of ether oxygens (including phenoxy) is 1. The van der Waals surface area contributed by atoms with Crippen LogP contribution in [0.2, 0.25) is 10.0 Å². The van der Waals surface area contributed by atoms with E-state index in [9.17, 15) is 9.59 Å². The van der Waals surface area contributed by atoms with Gasteiger partial charge in [-0.25, -0.2) is 0 Å². The van der Waals surface area contributed by atoms with Crippen LogP contribution in [0.3, 0.4) is 0 Å². The summed E-state index contributed by atoms with van der Waals surface area (Å²) < 4.78 is 6.00. The SMILES string of the molecule is O=C(C1CCC(=O)N(Cc2ccccc2)C1c1ccccc1)N1CCOC(c2ccc(Cl)c(Cl)c2)C1. The van der Waals surface area contributed by atoms with Crippen molar-refractivity contribution in [3.8, 4) is 0 Å². The lowest BCUT2D eigenvalue weighted by Gasteiger charge is -2.43. The number of carbonyl (C=O) groups is 2. The van der Waals surface area contributed by atoms with Gasteiger partial charge < -0.3 is 14.5 Å². The molecule has 3 aromatic rings. The molecule has 2 saturated heterocycles. The lowest BCUT2D eigenvalue weighted by Crippen LogP contribution is -2.51. The first-order chi connectivity index (χ1) is 17.5. The van der Waals surface area contributed by atoms with Crippen LogP contribution in [-0.4, -0.2) is 41.3 Å². The molecule has 3 atom stereocenters. The Morgan fingerprint density at radius 3 is 2.36 bits per heavy atom. The number of hydrogen-bond acceptors (Lipinski definition) is 3. The van der Waals surface area contributed by atoms with Crippen molar-refractivity contribution in [3.63, 3.8) is 0 Å². The lowest BCUT2D eigenvalue weighted by atomic mass is 9.82. The van der Waals surface area contributed by atoms with Crippen molar-refractivity contribution in [1.29, 1.82) is 0 Å². The molecule has 2 fully saturated rings. The van der Waals surface area contributed by atoms with Crippen LogP contribution in [0, 0.1) is 5.92 Å². The molecule has 2 heterocycles. The van der Waals surface area contributed by atoms with Gasteiger partial charge in [-0.15, -0.1) is 0 Å². The van der Waals surface area contributed by atoms with Crippen molar-refractivity contribution in [2.24, 2.45) is 5.92 Å². The first-order valence-electron chi connectivity index (χ1n) is 12.2. The molecule has 0 saturated carbocycles. The van der Waals surface area contributed by atoms with Gasteiger partial charge in [-0.3, -0.25) is 9.59 Å². The van der Waals surface area contributed by atoms with Gasteiger partial charge in [0.05, 0.1) is 35.2 Å². The molecule has 7 heteroatoms. The molecule has 0 bridgehead atoms. The number of likely N-dealkylation sites (tertiary alicyclic amines) is 1. The normalized spacial score (nSPS) is 22.5. The molecule has 186 valence electrons. The third kappa shape index (κ3) is 5.29. The van der Waals surface area contributed by atoms with Gasteiger partial charge in [-0.1, -0.05) is 89.9 Å². The maximum atomic E-state index is 14.0. The summed E-state index contributed by atoms with van der Waals surface area (Å²) in [6.07, 6.45) is 0.600. The average molecular weight is 523 g/mol. The summed E-state index contributed by atoms with van der Waals surface area (Å²) in [5.41, 5.74) is 2.92. The molecule has 2 aliphatic rings. The van der Waals surface area contributed by atoms with Crippen LogP contribution in [0.4, 0.5) is 0 Å². The number of carbonyl (C=O) groups excluding carboxylic acids is 2. The van der Waals surface area contributed by atoms with Gasteiger partial charge >= 0.3 is 0 Å². The van der Waals surface area contributed by atoms with Crippen LogP contribution in [0.15, 0.2) is 78.9 Å². The predicted octanol–water partition coefficient (Wildman–Crippen LogP) is 6.07. The Morgan fingerprint density at radius 2 is 1.64 bits per heavy atom. The van der Waals surface area contributed by atoms with Gasteiger partial charge in [0.15, 0.2) is 0 Å². The van der Waals surface area contributed by atoms with E-state index in [1.165, 1.54) is 0 Å². The number of amides is 2. The molecule has 3 unspecified atom stereocenters. The highest BCUT2D eigenvalue weighted by molar-refractivity contribution is 6.42. The molecule has 3 aromatic carbocycles. The fourth-order valence-corrected chi connectivity index (χ4v) is 5.55. The molecule has 0 N–H and O–H groups in total. The van der Waals surface area contributed by atoms with Crippen molar-refractivity contribution >= 4 is 35.0 Å². The van der Waals surface area contributed by atoms with Crippen LogP contribution in [0.25, 0.3) is 0 Å². The Morgan fingerprint density at radius 1 is 0.917 bits per heavy atom.